The maximum Gasteiger partial charge on any atom is 0.292 e. The second-order valence-electron chi connectivity index (χ2n) is 6.87. The van der Waals surface area contributed by atoms with Crippen LogP contribution >= 0.6 is 0 Å². The number of aryl methyl sites for hydroxylation is 1. The lowest BCUT2D eigenvalue weighted by molar-refractivity contribution is 0.0624. The van der Waals surface area contributed by atoms with Gasteiger partial charge < -0.3 is 18.7 Å². The number of halogens is 2. The summed E-state index contributed by atoms with van der Waals surface area (Å²) in [6, 6.07) is 6.88. The Hall–Kier alpha value is -3.49. The van der Waals surface area contributed by atoms with Crippen molar-refractivity contribution in [3.8, 4) is 0 Å². The zero-order valence-electron chi connectivity index (χ0n) is 15.4. The van der Waals surface area contributed by atoms with Crippen LogP contribution in [0.15, 0.2) is 45.8 Å². The summed E-state index contributed by atoms with van der Waals surface area (Å²) in [4.78, 5) is 25.7. The number of carbonyl (C=O) groups excluding carboxylic acids is 1. The molecule has 29 heavy (non-hydrogen) atoms. The predicted molar refractivity (Wildman–Crippen MR) is 97.6 cm³/mol. The van der Waals surface area contributed by atoms with Crippen LogP contribution in [0.3, 0.4) is 0 Å². The normalized spacial score (nSPS) is 16.6. The number of hydrogen-bond donors (Lipinski definition) is 1. The molecule has 0 saturated heterocycles. The zero-order valence-corrected chi connectivity index (χ0v) is 15.4. The van der Waals surface area contributed by atoms with Crippen molar-refractivity contribution in [2.24, 2.45) is 0 Å². The van der Waals surface area contributed by atoms with E-state index in [2.05, 4.69) is 15.0 Å². The number of imidazole rings is 1. The number of benzene rings is 1. The average molecular weight is 398 g/mol. The maximum atomic E-state index is 13.3. The van der Waals surface area contributed by atoms with Gasteiger partial charge in [0.1, 0.15) is 17.4 Å². The number of fused-ring (bicyclic) bond motifs is 2. The third kappa shape index (κ3) is 2.65. The van der Waals surface area contributed by atoms with Gasteiger partial charge in [0.15, 0.2) is 12.1 Å². The number of para-hydroxylation sites is 1. The maximum absolute atomic E-state index is 13.3. The third-order valence-electron chi connectivity index (χ3n) is 5.31. The summed E-state index contributed by atoms with van der Waals surface area (Å²) in [7, 11) is 0. The number of furan rings is 1. The van der Waals surface area contributed by atoms with E-state index in [9.17, 15) is 13.6 Å². The first-order valence-electron chi connectivity index (χ1n) is 9.09. The number of rotatable bonds is 3. The van der Waals surface area contributed by atoms with E-state index in [1.165, 1.54) is 4.90 Å². The van der Waals surface area contributed by atoms with Gasteiger partial charge in [-0.05, 0) is 13.0 Å². The summed E-state index contributed by atoms with van der Waals surface area (Å²) in [5.41, 5.74) is 2.40. The fraction of sp³-hybridized carbons (Fsp3) is 0.250. The van der Waals surface area contributed by atoms with E-state index in [-0.39, 0.29) is 0 Å². The molecule has 0 bridgehead atoms. The lowest BCUT2D eigenvalue weighted by atomic mass is 9.97. The van der Waals surface area contributed by atoms with Crippen molar-refractivity contribution in [3.63, 3.8) is 0 Å². The highest BCUT2D eigenvalue weighted by atomic mass is 19.3. The second kappa shape index (κ2) is 6.54. The van der Waals surface area contributed by atoms with Crippen LogP contribution in [0.25, 0.3) is 11.0 Å². The summed E-state index contributed by atoms with van der Waals surface area (Å²) in [6.45, 7) is 2.20. The van der Waals surface area contributed by atoms with Crippen molar-refractivity contribution >= 4 is 16.9 Å². The molecule has 4 aromatic rings. The molecule has 148 valence electrons. The fourth-order valence-corrected chi connectivity index (χ4v) is 3.92. The zero-order chi connectivity index (χ0) is 20.1. The SMILES string of the molecule is Cc1c([C@@H]2c3nc[nH]c3CCN2C(=O)c2ocnc2C(F)F)oc2ccccc12. The Labute approximate surface area is 163 Å². The van der Waals surface area contributed by atoms with Crippen LogP contribution in [0.4, 0.5) is 8.78 Å². The molecular weight excluding hydrogens is 382 g/mol. The Morgan fingerprint density at radius 3 is 2.93 bits per heavy atom. The molecule has 0 fully saturated rings. The summed E-state index contributed by atoms with van der Waals surface area (Å²) in [5, 5.41) is 0.922. The Balaban J connectivity index is 1.66. The number of hydrogen-bond acceptors (Lipinski definition) is 5. The van der Waals surface area contributed by atoms with Gasteiger partial charge in [0.05, 0.1) is 12.0 Å². The smallest absolute Gasteiger partial charge is 0.292 e. The number of carbonyl (C=O) groups is 1. The molecule has 7 nitrogen and oxygen atoms in total. The van der Waals surface area contributed by atoms with Gasteiger partial charge in [-0.15, -0.1) is 0 Å². The molecule has 9 heteroatoms. The molecule has 0 aliphatic carbocycles. The van der Waals surface area contributed by atoms with Crippen LogP contribution in [0.5, 0.6) is 0 Å². The molecule has 0 spiro atoms. The minimum Gasteiger partial charge on any atom is -0.458 e. The third-order valence-corrected chi connectivity index (χ3v) is 5.31. The van der Waals surface area contributed by atoms with Gasteiger partial charge in [-0.25, -0.2) is 18.7 Å². The summed E-state index contributed by atoms with van der Waals surface area (Å²) in [6.07, 6.45) is 0.0161. The standard InChI is InChI=1S/C20H16F2N4O3/c1-10-11-4-2-3-5-13(11)29-17(10)16-14-12(23-8-24-14)6-7-26(16)20(27)18-15(19(21)22)25-9-28-18/h2-5,8-9,16,19H,6-7H2,1H3,(H,23,24)/t16-/m0/s1. The van der Waals surface area contributed by atoms with Crippen LogP contribution in [0.1, 0.15) is 51.4 Å². The van der Waals surface area contributed by atoms with Gasteiger partial charge in [0.2, 0.25) is 5.76 Å². The quantitative estimate of drug-likeness (QED) is 0.559. The molecule has 1 amide bonds. The van der Waals surface area contributed by atoms with Crippen LogP contribution in [-0.4, -0.2) is 32.3 Å². The number of aromatic amines is 1. The van der Waals surface area contributed by atoms with E-state index < -0.39 is 29.8 Å². The number of alkyl halides is 2. The number of nitrogens with zero attached hydrogens (tertiary/aromatic N) is 3. The molecule has 1 atom stereocenters. The van der Waals surface area contributed by atoms with E-state index in [0.717, 1.165) is 23.0 Å². The Morgan fingerprint density at radius 2 is 2.14 bits per heavy atom. The highest BCUT2D eigenvalue weighted by Crippen LogP contribution is 2.40. The first-order valence-corrected chi connectivity index (χ1v) is 9.09. The second-order valence-corrected chi connectivity index (χ2v) is 6.87. The molecule has 1 aliphatic rings. The molecule has 0 unspecified atom stereocenters. The molecule has 1 aliphatic heterocycles. The van der Waals surface area contributed by atoms with Gasteiger partial charge in [-0.2, -0.15) is 0 Å². The molecule has 3 aromatic heterocycles. The number of amides is 1. The summed E-state index contributed by atoms with van der Waals surface area (Å²) in [5.74, 6) is -0.584. The first-order chi connectivity index (χ1) is 14.1. The van der Waals surface area contributed by atoms with Gasteiger partial charge in [0.25, 0.3) is 12.3 Å². The van der Waals surface area contributed by atoms with Crippen molar-refractivity contribution < 1.29 is 22.4 Å². The number of nitrogens with one attached hydrogen (secondary N) is 1. The number of oxazole rings is 1. The van der Waals surface area contributed by atoms with Crippen molar-refractivity contribution in [1.29, 1.82) is 0 Å². The Kier molecular flexibility index (Phi) is 3.97. The van der Waals surface area contributed by atoms with Crippen molar-refractivity contribution in [2.75, 3.05) is 6.54 Å². The van der Waals surface area contributed by atoms with Crippen LogP contribution in [0.2, 0.25) is 0 Å². The van der Waals surface area contributed by atoms with Gasteiger partial charge in [0, 0.05) is 29.6 Å². The molecule has 4 heterocycles. The predicted octanol–water partition coefficient (Wildman–Crippen LogP) is 4.18. The molecule has 5 rings (SSSR count). The topological polar surface area (TPSA) is 88.2 Å². The average Bonchev–Trinajstić information content (AvgIpc) is 3.45. The van der Waals surface area contributed by atoms with E-state index in [1.54, 1.807) is 6.33 Å². The van der Waals surface area contributed by atoms with Gasteiger partial charge in [-0.1, -0.05) is 18.2 Å². The Morgan fingerprint density at radius 1 is 1.31 bits per heavy atom. The van der Waals surface area contributed by atoms with E-state index in [0.29, 0.717) is 30.0 Å². The minimum atomic E-state index is -2.91. The Bertz CT molecular complexity index is 1210. The monoisotopic (exact) mass is 398 g/mol. The van der Waals surface area contributed by atoms with E-state index in [4.69, 9.17) is 8.83 Å². The first kappa shape index (κ1) is 17.6. The highest BCUT2D eigenvalue weighted by molar-refractivity contribution is 5.93. The van der Waals surface area contributed by atoms with Crippen molar-refractivity contribution in [1.82, 2.24) is 19.9 Å². The molecular formula is C20H16F2N4O3. The van der Waals surface area contributed by atoms with Crippen molar-refractivity contribution in [2.45, 2.75) is 25.8 Å². The van der Waals surface area contributed by atoms with E-state index in [1.807, 2.05) is 31.2 Å². The number of H-pyrrole nitrogens is 1. The van der Waals surface area contributed by atoms with Crippen LogP contribution < -0.4 is 0 Å². The van der Waals surface area contributed by atoms with Gasteiger partial charge in [-0.3, -0.25) is 4.79 Å². The minimum absolute atomic E-state index is 0.290. The van der Waals surface area contributed by atoms with Crippen LogP contribution in [-0.2, 0) is 6.42 Å². The molecule has 0 radical (unpaired) electrons. The summed E-state index contributed by atoms with van der Waals surface area (Å²) >= 11 is 0. The van der Waals surface area contributed by atoms with E-state index >= 15 is 0 Å². The van der Waals surface area contributed by atoms with Gasteiger partial charge >= 0.3 is 0 Å². The highest BCUT2D eigenvalue weighted by Gasteiger charge is 2.40. The summed E-state index contributed by atoms with van der Waals surface area (Å²) < 4.78 is 37.7. The number of aromatic nitrogens is 3. The molecule has 0 saturated carbocycles. The lowest BCUT2D eigenvalue weighted by Crippen LogP contribution is -2.41. The van der Waals surface area contributed by atoms with Crippen LogP contribution in [0, 0.1) is 6.92 Å². The fourth-order valence-electron chi connectivity index (χ4n) is 3.92. The molecule has 1 N–H and O–H groups in total. The molecule has 1 aromatic carbocycles. The largest absolute Gasteiger partial charge is 0.458 e. The lowest BCUT2D eigenvalue weighted by Gasteiger charge is -2.33. The van der Waals surface area contributed by atoms with Crippen molar-refractivity contribution in [3.05, 3.63) is 71.2 Å².